The van der Waals surface area contributed by atoms with E-state index >= 15 is 0 Å². The number of hydrogen-bond acceptors (Lipinski definition) is 2. The molecule has 3 nitrogen and oxygen atoms in total. The summed E-state index contributed by atoms with van der Waals surface area (Å²) >= 11 is 11.7. The molecule has 114 valence electrons. The van der Waals surface area contributed by atoms with Crippen LogP contribution in [0.4, 0.5) is 5.69 Å². The average Bonchev–Trinajstić information content (AvgIpc) is 2.53. The molecule has 0 fully saturated rings. The summed E-state index contributed by atoms with van der Waals surface area (Å²) in [5.74, 6) is -0.350. The molecule has 0 bridgehead atoms. The van der Waals surface area contributed by atoms with Crippen molar-refractivity contribution in [3.8, 4) is 0 Å². The van der Waals surface area contributed by atoms with Crippen molar-refractivity contribution in [2.24, 2.45) is 0 Å². The third-order valence-electron chi connectivity index (χ3n) is 3.29. The molecule has 2 rings (SSSR count). The zero-order valence-corrected chi connectivity index (χ0v) is 14.0. The van der Waals surface area contributed by atoms with Gasteiger partial charge in [0.05, 0.1) is 0 Å². The number of amides is 1. The van der Waals surface area contributed by atoms with E-state index in [0.717, 1.165) is 11.2 Å². The Morgan fingerprint density at radius 1 is 0.955 bits per heavy atom. The first-order valence-electron chi connectivity index (χ1n) is 6.90. The average molecular weight is 335 g/mol. The van der Waals surface area contributed by atoms with Gasteiger partial charge in [-0.25, -0.2) is 0 Å². The molecule has 0 aliphatic heterocycles. The summed E-state index contributed by atoms with van der Waals surface area (Å²) in [5.41, 5.74) is 1.74. The van der Waals surface area contributed by atoms with E-state index in [2.05, 4.69) is 0 Å². The molecule has 2 aromatic carbocycles. The number of carbonyl (C=O) groups excluding carboxylic acids is 1. The molecule has 0 saturated heterocycles. The summed E-state index contributed by atoms with van der Waals surface area (Å²) in [7, 11) is 3.83. The number of carbonyl (C=O) groups is 1. The van der Waals surface area contributed by atoms with E-state index in [9.17, 15) is 4.79 Å². The standard InChI is InChI=1S/C16H17BCl2N2O/c1-20(2)17(13-9-5-3-6-10-13)21(16(22)15(18)19)14-11-7-4-8-12-14/h3-12,15H,1-2H3. The first-order chi connectivity index (χ1) is 10.5. The fourth-order valence-electron chi connectivity index (χ4n) is 2.39. The molecule has 0 atom stereocenters. The quantitative estimate of drug-likeness (QED) is 0.620. The lowest BCUT2D eigenvalue weighted by Crippen LogP contribution is -2.61. The number of rotatable bonds is 5. The minimum absolute atomic E-state index is 0.295. The highest BCUT2D eigenvalue weighted by Gasteiger charge is 2.35. The van der Waals surface area contributed by atoms with E-state index in [1.54, 1.807) is 4.81 Å². The third-order valence-corrected chi connectivity index (χ3v) is 3.66. The van der Waals surface area contributed by atoms with Crippen LogP contribution in [0, 0.1) is 0 Å². The zero-order valence-electron chi connectivity index (χ0n) is 12.5. The van der Waals surface area contributed by atoms with Crippen LogP contribution in [0.3, 0.4) is 0 Å². The molecule has 0 radical (unpaired) electrons. The first kappa shape index (κ1) is 16.9. The number of alkyl halides is 2. The molecule has 0 aromatic heterocycles. The van der Waals surface area contributed by atoms with Crippen molar-refractivity contribution in [2.75, 3.05) is 18.9 Å². The van der Waals surface area contributed by atoms with Gasteiger partial charge in [-0.1, -0.05) is 71.7 Å². The third kappa shape index (κ3) is 3.83. The second-order valence-corrected chi connectivity index (χ2v) is 6.19. The molecular weight excluding hydrogens is 318 g/mol. The van der Waals surface area contributed by atoms with Gasteiger partial charge >= 0.3 is 6.98 Å². The van der Waals surface area contributed by atoms with Crippen molar-refractivity contribution in [2.45, 2.75) is 4.84 Å². The Hall–Kier alpha value is -1.49. The largest absolute Gasteiger partial charge is 0.385 e. The number of anilines is 1. The lowest BCUT2D eigenvalue weighted by molar-refractivity contribution is -0.116. The second-order valence-electron chi connectivity index (χ2n) is 5.09. The molecule has 0 aliphatic rings. The Morgan fingerprint density at radius 3 is 1.91 bits per heavy atom. The van der Waals surface area contributed by atoms with Crippen LogP contribution in [0.15, 0.2) is 60.7 Å². The van der Waals surface area contributed by atoms with Gasteiger partial charge < -0.3 is 9.62 Å². The highest BCUT2D eigenvalue weighted by atomic mass is 35.5. The SMILES string of the molecule is CN(C)B(c1ccccc1)N(C(=O)C(Cl)Cl)c1ccccc1. The molecule has 0 aliphatic carbocycles. The van der Waals surface area contributed by atoms with Gasteiger partial charge in [0, 0.05) is 5.69 Å². The van der Waals surface area contributed by atoms with E-state index in [1.807, 2.05) is 79.6 Å². The first-order valence-corrected chi connectivity index (χ1v) is 7.77. The minimum atomic E-state index is -1.12. The Morgan fingerprint density at radius 2 is 1.45 bits per heavy atom. The van der Waals surface area contributed by atoms with Crippen LogP contribution in [0.25, 0.3) is 0 Å². The summed E-state index contributed by atoms with van der Waals surface area (Å²) in [6.45, 7) is -0.295. The summed E-state index contributed by atoms with van der Waals surface area (Å²) in [4.78, 5) is 15.1. The minimum Gasteiger partial charge on any atom is -0.335 e. The fourth-order valence-corrected chi connectivity index (χ4v) is 2.60. The summed E-state index contributed by atoms with van der Waals surface area (Å²) < 4.78 is 0. The van der Waals surface area contributed by atoms with Crippen LogP contribution in [0.1, 0.15) is 0 Å². The van der Waals surface area contributed by atoms with Crippen molar-refractivity contribution in [3.63, 3.8) is 0 Å². The van der Waals surface area contributed by atoms with E-state index in [0.29, 0.717) is 0 Å². The summed E-state index contributed by atoms with van der Waals surface area (Å²) in [6.07, 6.45) is 0. The maximum Gasteiger partial charge on any atom is 0.385 e. The van der Waals surface area contributed by atoms with Crippen LogP contribution >= 0.6 is 23.2 Å². The van der Waals surface area contributed by atoms with Crippen LogP contribution in [-0.2, 0) is 4.79 Å². The highest BCUT2D eigenvalue weighted by Crippen LogP contribution is 2.20. The monoisotopic (exact) mass is 334 g/mol. The molecular formula is C16H17BCl2N2O. The molecule has 1 amide bonds. The number of hydrogen-bond donors (Lipinski definition) is 0. The van der Waals surface area contributed by atoms with Gasteiger partial charge in [0.25, 0.3) is 0 Å². The Labute approximate surface area is 141 Å². The van der Waals surface area contributed by atoms with Gasteiger partial charge in [-0.2, -0.15) is 0 Å². The smallest absolute Gasteiger partial charge is 0.335 e. The van der Waals surface area contributed by atoms with Gasteiger partial charge in [-0.3, -0.25) is 4.79 Å². The molecule has 0 unspecified atom stereocenters. The molecule has 22 heavy (non-hydrogen) atoms. The van der Waals surface area contributed by atoms with Crippen LogP contribution in [-0.4, -0.2) is 36.6 Å². The Kier molecular flexibility index (Phi) is 5.89. The summed E-state index contributed by atoms with van der Waals surface area (Å²) in [6, 6.07) is 19.2. The van der Waals surface area contributed by atoms with E-state index in [1.165, 1.54) is 0 Å². The molecule has 0 heterocycles. The van der Waals surface area contributed by atoms with Crippen LogP contribution < -0.4 is 10.3 Å². The number of para-hydroxylation sites is 1. The van der Waals surface area contributed by atoms with Crippen molar-refractivity contribution in [1.29, 1.82) is 0 Å². The van der Waals surface area contributed by atoms with Gasteiger partial charge in [0.1, 0.15) is 0 Å². The van der Waals surface area contributed by atoms with Crippen molar-refractivity contribution >= 4 is 47.2 Å². The lowest BCUT2D eigenvalue weighted by Gasteiger charge is -2.33. The highest BCUT2D eigenvalue weighted by molar-refractivity contribution is 6.79. The van der Waals surface area contributed by atoms with E-state index in [-0.39, 0.29) is 12.9 Å². The molecule has 0 N–H and O–H groups in total. The molecule has 0 saturated carbocycles. The fraction of sp³-hybridized carbons (Fsp3) is 0.188. The van der Waals surface area contributed by atoms with Crippen LogP contribution in [0.2, 0.25) is 0 Å². The predicted octanol–water partition coefficient (Wildman–Crippen LogP) is 2.78. The number of halogens is 2. The number of nitrogens with zero attached hydrogens (tertiary/aromatic N) is 2. The zero-order chi connectivity index (χ0) is 16.1. The van der Waals surface area contributed by atoms with E-state index < -0.39 is 4.84 Å². The molecule has 0 spiro atoms. The van der Waals surface area contributed by atoms with Crippen molar-refractivity contribution in [3.05, 3.63) is 60.7 Å². The topological polar surface area (TPSA) is 23.6 Å². The Bertz CT molecular complexity index is 608. The van der Waals surface area contributed by atoms with Crippen LogP contribution in [0.5, 0.6) is 0 Å². The van der Waals surface area contributed by atoms with Gasteiger partial charge in [-0.15, -0.1) is 0 Å². The number of benzene rings is 2. The van der Waals surface area contributed by atoms with E-state index in [4.69, 9.17) is 23.2 Å². The lowest BCUT2D eigenvalue weighted by atomic mass is 9.64. The Balaban J connectivity index is 2.52. The van der Waals surface area contributed by atoms with Crippen molar-refractivity contribution < 1.29 is 4.79 Å². The molecule has 6 heteroatoms. The molecule has 2 aromatic rings. The van der Waals surface area contributed by atoms with Gasteiger partial charge in [-0.05, 0) is 31.7 Å². The maximum atomic E-state index is 12.6. The maximum absolute atomic E-state index is 12.6. The summed E-state index contributed by atoms with van der Waals surface area (Å²) in [5, 5.41) is 0. The van der Waals surface area contributed by atoms with Crippen molar-refractivity contribution in [1.82, 2.24) is 4.81 Å². The van der Waals surface area contributed by atoms with Gasteiger partial charge in [0.15, 0.2) is 4.84 Å². The second kappa shape index (κ2) is 7.68. The normalized spacial score (nSPS) is 10.8. The predicted molar refractivity (Wildman–Crippen MR) is 94.9 cm³/mol. The van der Waals surface area contributed by atoms with Gasteiger partial charge in [0.2, 0.25) is 5.91 Å².